The number of rotatable bonds is 2. The fourth-order valence-electron chi connectivity index (χ4n) is 2.23. The summed E-state index contributed by atoms with van der Waals surface area (Å²) in [6.45, 7) is 0.953. The highest BCUT2D eigenvalue weighted by atomic mass is 16.4. The van der Waals surface area contributed by atoms with Crippen molar-refractivity contribution in [1.29, 1.82) is 0 Å². The van der Waals surface area contributed by atoms with E-state index in [-0.39, 0.29) is 5.91 Å². The van der Waals surface area contributed by atoms with Crippen molar-refractivity contribution in [2.24, 2.45) is 0 Å². The summed E-state index contributed by atoms with van der Waals surface area (Å²) in [6, 6.07) is 8.48. The van der Waals surface area contributed by atoms with Gasteiger partial charge in [0.05, 0.1) is 5.56 Å². The Labute approximate surface area is 115 Å². The molecule has 0 saturated heterocycles. The summed E-state index contributed by atoms with van der Waals surface area (Å²) < 4.78 is 4.68. The van der Waals surface area contributed by atoms with Crippen LogP contribution in [0.1, 0.15) is 22.3 Å². The molecule has 2 aromatic rings. The van der Waals surface area contributed by atoms with Gasteiger partial charge in [-0.3, -0.25) is 4.79 Å². The molecule has 1 amide bonds. The Morgan fingerprint density at radius 3 is 2.95 bits per heavy atom. The number of benzene rings is 1. The van der Waals surface area contributed by atoms with Gasteiger partial charge < -0.3 is 15.1 Å². The molecule has 3 rings (SSSR count). The third kappa shape index (κ3) is 2.56. The molecule has 0 bridgehead atoms. The van der Waals surface area contributed by atoms with Gasteiger partial charge in [-0.05, 0) is 36.6 Å². The number of hydrogen-bond acceptors (Lipinski definition) is 4. The van der Waals surface area contributed by atoms with Crippen LogP contribution in [-0.4, -0.2) is 12.5 Å². The minimum atomic E-state index is -0.473. The molecule has 5 nitrogen and oxygen atoms in total. The SMILES string of the molecule is O=C(Nc1ccc2c(c1)NCCC2)c1ccc(=O)oc1. The normalized spacial score (nSPS) is 13.2. The molecule has 0 spiro atoms. The van der Waals surface area contributed by atoms with Crippen LogP contribution in [0.2, 0.25) is 0 Å². The second-order valence-electron chi connectivity index (χ2n) is 4.70. The van der Waals surface area contributed by atoms with E-state index in [4.69, 9.17) is 0 Å². The number of anilines is 2. The van der Waals surface area contributed by atoms with Crippen molar-refractivity contribution in [2.45, 2.75) is 12.8 Å². The third-order valence-corrected chi connectivity index (χ3v) is 3.27. The number of hydrogen-bond donors (Lipinski definition) is 2. The van der Waals surface area contributed by atoms with Gasteiger partial charge >= 0.3 is 5.63 Å². The molecule has 20 heavy (non-hydrogen) atoms. The molecular weight excluding hydrogens is 256 g/mol. The maximum Gasteiger partial charge on any atom is 0.335 e. The Morgan fingerprint density at radius 2 is 2.15 bits per heavy atom. The summed E-state index contributed by atoms with van der Waals surface area (Å²) >= 11 is 0. The van der Waals surface area contributed by atoms with Crippen LogP contribution in [0.3, 0.4) is 0 Å². The Morgan fingerprint density at radius 1 is 1.25 bits per heavy atom. The lowest BCUT2D eigenvalue weighted by Crippen LogP contribution is -2.15. The van der Waals surface area contributed by atoms with Crippen molar-refractivity contribution in [3.05, 3.63) is 58.1 Å². The van der Waals surface area contributed by atoms with Crippen molar-refractivity contribution < 1.29 is 9.21 Å². The zero-order valence-corrected chi connectivity index (χ0v) is 10.8. The first-order valence-corrected chi connectivity index (χ1v) is 6.49. The molecule has 0 fully saturated rings. The van der Waals surface area contributed by atoms with E-state index in [1.807, 2.05) is 18.2 Å². The highest BCUT2D eigenvalue weighted by molar-refractivity contribution is 6.04. The first-order chi connectivity index (χ1) is 9.72. The molecule has 102 valence electrons. The largest absolute Gasteiger partial charge is 0.430 e. The molecule has 1 aliphatic rings. The summed E-state index contributed by atoms with van der Waals surface area (Å²) in [5.41, 5.74) is 2.89. The number of aryl methyl sites for hydroxylation is 1. The zero-order chi connectivity index (χ0) is 13.9. The molecule has 2 heterocycles. The van der Waals surface area contributed by atoms with Gasteiger partial charge in [0.25, 0.3) is 5.91 Å². The van der Waals surface area contributed by atoms with Gasteiger partial charge in [-0.15, -0.1) is 0 Å². The van der Waals surface area contributed by atoms with Crippen molar-refractivity contribution in [3.63, 3.8) is 0 Å². The molecule has 0 radical (unpaired) electrons. The standard InChI is InChI=1S/C15H14N2O3/c18-14-6-4-11(9-20-14)15(19)17-12-5-3-10-2-1-7-16-13(10)8-12/h3-6,8-9,16H,1-2,7H2,(H,17,19). The first-order valence-electron chi connectivity index (χ1n) is 6.49. The van der Waals surface area contributed by atoms with Gasteiger partial charge in [0.2, 0.25) is 0 Å². The van der Waals surface area contributed by atoms with E-state index in [2.05, 4.69) is 15.1 Å². The summed E-state index contributed by atoms with van der Waals surface area (Å²) in [5, 5.41) is 6.10. The predicted molar refractivity (Wildman–Crippen MR) is 76.2 cm³/mol. The Kier molecular flexibility index (Phi) is 3.25. The molecule has 1 aromatic heterocycles. The highest BCUT2D eigenvalue weighted by Gasteiger charge is 2.11. The quantitative estimate of drug-likeness (QED) is 0.878. The number of fused-ring (bicyclic) bond motifs is 1. The van der Waals surface area contributed by atoms with Gasteiger partial charge in [-0.25, -0.2) is 4.79 Å². The maximum atomic E-state index is 12.0. The van der Waals surface area contributed by atoms with E-state index in [0.29, 0.717) is 11.3 Å². The summed E-state index contributed by atoms with van der Waals surface area (Å²) in [7, 11) is 0. The monoisotopic (exact) mass is 270 g/mol. The van der Waals surface area contributed by atoms with E-state index in [9.17, 15) is 9.59 Å². The lowest BCUT2D eigenvalue weighted by Gasteiger charge is -2.18. The molecule has 2 N–H and O–H groups in total. The maximum absolute atomic E-state index is 12.0. The Bertz CT molecular complexity index is 686. The van der Waals surface area contributed by atoms with Crippen molar-refractivity contribution in [2.75, 3.05) is 17.2 Å². The van der Waals surface area contributed by atoms with Crippen LogP contribution in [-0.2, 0) is 6.42 Å². The summed E-state index contributed by atoms with van der Waals surface area (Å²) in [6.07, 6.45) is 3.34. The van der Waals surface area contributed by atoms with E-state index < -0.39 is 5.63 Å². The van der Waals surface area contributed by atoms with E-state index >= 15 is 0 Å². The van der Waals surface area contributed by atoms with Gasteiger partial charge in [-0.1, -0.05) is 6.07 Å². The van der Waals surface area contributed by atoms with Crippen LogP contribution in [0, 0.1) is 0 Å². The topological polar surface area (TPSA) is 71.3 Å². The van der Waals surface area contributed by atoms with Gasteiger partial charge in [0.15, 0.2) is 0 Å². The van der Waals surface area contributed by atoms with Crippen LogP contribution in [0.5, 0.6) is 0 Å². The third-order valence-electron chi connectivity index (χ3n) is 3.27. The van der Waals surface area contributed by atoms with Crippen LogP contribution in [0.25, 0.3) is 0 Å². The first kappa shape index (κ1) is 12.5. The van der Waals surface area contributed by atoms with E-state index in [1.54, 1.807) is 0 Å². The Hall–Kier alpha value is -2.56. The summed E-state index contributed by atoms with van der Waals surface area (Å²) in [4.78, 5) is 22.9. The Balaban J connectivity index is 1.79. The van der Waals surface area contributed by atoms with Crippen molar-refractivity contribution in [1.82, 2.24) is 0 Å². The zero-order valence-electron chi connectivity index (χ0n) is 10.8. The predicted octanol–water partition coefficient (Wildman–Crippen LogP) is 2.25. The van der Waals surface area contributed by atoms with Crippen LogP contribution < -0.4 is 16.3 Å². The van der Waals surface area contributed by atoms with Gasteiger partial charge in [0, 0.05) is 24.0 Å². The number of carbonyl (C=O) groups is 1. The summed E-state index contributed by atoms with van der Waals surface area (Å²) in [5.74, 6) is -0.301. The second kappa shape index (κ2) is 5.21. The van der Waals surface area contributed by atoms with Crippen LogP contribution >= 0.6 is 0 Å². The minimum Gasteiger partial charge on any atom is -0.430 e. The van der Waals surface area contributed by atoms with Crippen molar-refractivity contribution >= 4 is 17.3 Å². The fraction of sp³-hybridized carbons (Fsp3) is 0.200. The van der Waals surface area contributed by atoms with Crippen molar-refractivity contribution in [3.8, 4) is 0 Å². The van der Waals surface area contributed by atoms with Crippen LogP contribution in [0.15, 0.2) is 45.8 Å². The lowest BCUT2D eigenvalue weighted by molar-refractivity contribution is 0.102. The molecule has 0 aliphatic carbocycles. The fourth-order valence-corrected chi connectivity index (χ4v) is 2.23. The number of nitrogens with one attached hydrogen (secondary N) is 2. The number of carbonyl (C=O) groups excluding carboxylic acids is 1. The lowest BCUT2D eigenvalue weighted by atomic mass is 10.0. The average Bonchev–Trinajstić information content (AvgIpc) is 2.48. The minimum absolute atomic E-state index is 0.301. The number of amides is 1. The van der Waals surface area contributed by atoms with Gasteiger partial charge in [-0.2, -0.15) is 0 Å². The average molecular weight is 270 g/mol. The smallest absolute Gasteiger partial charge is 0.335 e. The molecule has 0 saturated carbocycles. The van der Waals surface area contributed by atoms with E-state index in [0.717, 1.165) is 31.3 Å². The van der Waals surface area contributed by atoms with Gasteiger partial charge in [0.1, 0.15) is 6.26 Å². The highest BCUT2D eigenvalue weighted by Crippen LogP contribution is 2.25. The van der Waals surface area contributed by atoms with E-state index in [1.165, 1.54) is 17.7 Å². The van der Waals surface area contributed by atoms with Crippen LogP contribution in [0.4, 0.5) is 11.4 Å². The second-order valence-corrected chi connectivity index (χ2v) is 4.70. The molecule has 1 aromatic carbocycles. The molecular formula is C15H14N2O3. The molecule has 0 atom stereocenters. The molecule has 1 aliphatic heterocycles. The molecule has 5 heteroatoms. The molecule has 0 unspecified atom stereocenters.